The van der Waals surface area contributed by atoms with Crippen LogP contribution in [0.25, 0.3) is 0 Å². The number of aliphatic hydroxyl groups excluding tert-OH is 2. The maximum absolute atomic E-state index is 14.8. The van der Waals surface area contributed by atoms with Crippen LogP contribution in [0.15, 0.2) is 60.7 Å². The van der Waals surface area contributed by atoms with E-state index in [1.807, 2.05) is 0 Å². The van der Waals surface area contributed by atoms with Crippen molar-refractivity contribution in [2.75, 3.05) is 0 Å². The molecule has 22 fully saturated rings. The average molecular weight is 2030 g/mol. The van der Waals surface area contributed by atoms with E-state index in [-0.39, 0.29) is 36.8 Å². The molecule has 142 heavy (non-hydrogen) atoms. The van der Waals surface area contributed by atoms with Gasteiger partial charge in [0.2, 0.25) is 0 Å². The number of carboxylic acids is 7. The van der Waals surface area contributed by atoms with Crippen LogP contribution >= 0.6 is 0 Å². The van der Waals surface area contributed by atoms with E-state index in [0.29, 0.717) is 212 Å². The summed E-state index contributed by atoms with van der Waals surface area (Å²) in [6.07, 6.45) is 17.9. The Bertz CT molecular complexity index is 4780. The number of carboxylic acid groups (broad SMARTS) is 7. The van der Waals surface area contributed by atoms with Crippen LogP contribution in [0.1, 0.15) is 309 Å². The second-order valence-corrected chi connectivity index (χ2v) is 47.3. The van der Waals surface area contributed by atoms with Crippen molar-refractivity contribution in [3.05, 3.63) is 71.8 Å². The number of hydrogen-bond donors (Lipinski definition) is 3. The molecule has 25 nitrogen and oxygen atoms in total. The van der Waals surface area contributed by atoms with Gasteiger partial charge in [-0.2, -0.15) is 61.5 Å². The Hall–Kier alpha value is -8.49. The van der Waals surface area contributed by atoms with Crippen molar-refractivity contribution in [3.63, 3.8) is 0 Å². The quantitative estimate of drug-likeness (QED) is 0.0528. The van der Waals surface area contributed by atoms with Crippen molar-refractivity contribution >= 4 is 65.7 Å². The number of alkyl halides is 14. The number of ether oxygens (including phenoxy) is 4. The van der Waals surface area contributed by atoms with Gasteiger partial charge in [-0.3, -0.25) is 19.2 Å². The molecule has 22 aliphatic carbocycles. The van der Waals surface area contributed by atoms with E-state index in [2.05, 4.69) is 0 Å². The number of rotatable bonds is 23. The topological polar surface area (TPSA) is 447 Å². The molecular formula is C103H127F14O25-7. The highest BCUT2D eigenvalue weighted by molar-refractivity contribution is 5.83. The number of aliphatic carboxylic acids is 7. The first kappa shape index (κ1) is 111. The van der Waals surface area contributed by atoms with E-state index >= 15 is 0 Å². The predicted molar refractivity (Wildman–Crippen MR) is 455 cm³/mol. The summed E-state index contributed by atoms with van der Waals surface area (Å²) in [7, 11) is 0. The van der Waals surface area contributed by atoms with Crippen molar-refractivity contribution in [2.45, 2.75) is 368 Å². The van der Waals surface area contributed by atoms with Crippen LogP contribution in [0.3, 0.4) is 0 Å². The van der Waals surface area contributed by atoms with Crippen molar-refractivity contribution in [2.24, 2.45) is 128 Å². The van der Waals surface area contributed by atoms with Crippen LogP contribution in [0.2, 0.25) is 0 Å². The molecule has 24 rings (SSSR count). The highest BCUT2D eigenvalue weighted by Gasteiger charge is 2.74. The lowest BCUT2D eigenvalue weighted by atomic mass is 9.47. The van der Waals surface area contributed by atoms with Crippen LogP contribution in [0, 0.1) is 128 Å². The fourth-order valence-electron chi connectivity index (χ4n) is 29.9. The normalized spacial score (nSPS) is 34.8. The van der Waals surface area contributed by atoms with Gasteiger partial charge in [-0.1, -0.05) is 73.5 Å². The maximum atomic E-state index is 14.8. The third kappa shape index (κ3) is 21.1. The standard InChI is InChI=1S/C20H22F2O4.C19H26F2O4.C17H24F2O4.C13H20F2O4.C13H18F2O3.C12H16F2O3.C9H8F2O3/c21-20(22,17(23)24)16(15-4-2-1-3-5-15)26-18(25)19-9-12-6-13(10-19)8-14(7-12)11-19;20-19(21,15(22)23)18(4-2-1-3-5-18)25-16(24)17-9-12-6-13(10-17)8-14(7-12)11-17;1-15(2,3)14(22)23-16(17(18,19)13(20)21)11-5-9-4-10(7-11)8-12(16)6-9;1-11(2,3)10(18)19-12(7-5-4-6-8-12)13(14,15)9(16)17;14-13(15,11(17)18)10(16)12-4-7-1-8(5-12)3-9(2-7)6-12;13-12(14,10(15)16)11(17)8-2-6-1-7(4-8)5-9(11)3-6;10-9(11,8(13)14)7(12)6-4-2-1-3-5-6/h1-5,12-14,16H,6-11H2,(H,23,24);12-14H,1-11H2,(H,22,23);9-12H,4-8H2,1-3H3,(H,20,21);4-8H2,1-3H3,(H,16,17);7-10,16H,1-6H2,(H,17,18);6-9,17H,1-5H2,(H,15,16);1-5,7,12H,(H,13,14)/p-7. The van der Waals surface area contributed by atoms with Crippen LogP contribution in [0.5, 0.6) is 0 Å². The molecule has 0 radical (unpaired) electrons. The van der Waals surface area contributed by atoms with Gasteiger partial charge in [-0.05, 0) is 373 Å². The van der Waals surface area contributed by atoms with E-state index in [4.69, 9.17) is 24.1 Å². The van der Waals surface area contributed by atoms with Gasteiger partial charge in [0.15, 0.2) is 22.9 Å². The second-order valence-electron chi connectivity index (χ2n) is 47.3. The first-order chi connectivity index (χ1) is 65.7. The summed E-state index contributed by atoms with van der Waals surface area (Å²) in [6.45, 7) is 9.33. The lowest BCUT2D eigenvalue weighted by molar-refractivity contribution is -0.362. The average Bonchev–Trinajstić information content (AvgIpc) is 0.701. The van der Waals surface area contributed by atoms with Crippen LogP contribution in [-0.2, 0) is 71.7 Å². The highest BCUT2D eigenvalue weighted by atomic mass is 19.3. The number of carbonyl (C=O) groups excluding carboxylic acids is 11. The second kappa shape index (κ2) is 40.3. The molecule has 3 unspecified atom stereocenters. The van der Waals surface area contributed by atoms with Crippen LogP contribution in [0.4, 0.5) is 61.5 Å². The molecule has 22 saturated carbocycles. The Morgan fingerprint density at radius 3 is 0.908 bits per heavy atom. The van der Waals surface area contributed by atoms with E-state index in [1.165, 1.54) is 69.3 Å². The van der Waals surface area contributed by atoms with Crippen molar-refractivity contribution in [1.82, 2.24) is 0 Å². The molecule has 0 saturated heterocycles. The zero-order chi connectivity index (χ0) is 105. The van der Waals surface area contributed by atoms with Crippen LogP contribution < -0.4 is 35.7 Å². The highest BCUT2D eigenvalue weighted by Crippen LogP contribution is 2.69. The monoisotopic (exact) mass is 2030 g/mol. The summed E-state index contributed by atoms with van der Waals surface area (Å²) in [4.78, 5) is 125. The first-order valence-electron chi connectivity index (χ1n) is 50.0. The van der Waals surface area contributed by atoms with Crippen molar-refractivity contribution < 1.29 is 184 Å². The van der Waals surface area contributed by atoms with Gasteiger partial charge >= 0.3 is 65.3 Å². The molecule has 39 heteroatoms. The summed E-state index contributed by atoms with van der Waals surface area (Å²) in [5.74, 6) is -46.4. The number of halogens is 14. The molecular weight excluding hydrogens is 1900 g/mol. The van der Waals surface area contributed by atoms with Gasteiger partial charge in [0, 0.05) is 17.3 Å². The zero-order valence-corrected chi connectivity index (χ0v) is 80.3. The third-order valence-corrected chi connectivity index (χ3v) is 35.2. The van der Waals surface area contributed by atoms with Gasteiger partial charge in [-0.15, -0.1) is 0 Å². The summed E-state index contributed by atoms with van der Waals surface area (Å²) in [5.41, 5.74) is -13.6. The van der Waals surface area contributed by atoms with E-state index in [9.17, 15) is 160 Å². The largest absolute Gasteiger partial charge is 0.544 e. The molecule has 0 heterocycles. The van der Waals surface area contributed by atoms with Gasteiger partial charge in [-0.25, -0.2) is 0 Å². The number of hydrogen-bond acceptors (Lipinski definition) is 25. The number of benzene rings is 2. The molecule has 794 valence electrons. The predicted octanol–water partition coefficient (Wildman–Crippen LogP) is 11.1. The molecule has 20 bridgehead atoms. The maximum Gasteiger partial charge on any atom is 0.327 e. The minimum absolute atomic E-state index is 0.0419. The summed E-state index contributed by atoms with van der Waals surface area (Å²) < 4.78 is 216. The van der Waals surface area contributed by atoms with Gasteiger partial charge < -0.3 is 104 Å². The molecule has 2 aromatic carbocycles. The molecule has 0 aromatic heterocycles. The fourth-order valence-corrected chi connectivity index (χ4v) is 29.9. The molecule has 22 aliphatic rings. The van der Waals surface area contributed by atoms with E-state index in [1.54, 1.807) is 32.9 Å². The van der Waals surface area contributed by atoms with Crippen molar-refractivity contribution in [1.29, 1.82) is 0 Å². The molecule has 2 aromatic rings. The Labute approximate surface area is 813 Å². The number of carbonyl (C=O) groups is 11. The van der Waals surface area contributed by atoms with Gasteiger partial charge in [0.1, 0.15) is 59.6 Å². The molecule has 0 spiro atoms. The molecule has 3 N–H and O–H groups in total. The first-order valence-corrected chi connectivity index (χ1v) is 50.0. The Kier molecular flexibility index (Phi) is 31.4. The SMILES string of the molecule is CC(C)(C)C(=O)OC1(C(F)(F)C(=O)[O-])C2CC3CC(C2)CC1C3.CC(C)(C)C(=O)OC1(C(F)(F)C(=O)[O-])CCCCC1.O=C(OC(c1ccccc1)C(F)(F)C(=O)[O-])C12CC3CC(CC(C3)C1)C2.O=C(OC1(C(F)(F)C(=O)[O-])CCCCC1)C12CC3CC(CC(C3)C1)C2.O=C([O-])C(F)(F)C(O)C12CC3CC(CC(C3)C1)C2.O=C([O-])C(F)(F)C(O)c1ccccc1.O=C([O-])C(F)(F)C1(O)C2CC3CC(C2)CC1C3. The zero-order valence-electron chi connectivity index (χ0n) is 80.3. The minimum Gasteiger partial charge on any atom is -0.544 e. The minimum atomic E-state index is -4.29. The summed E-state index contributed by atoms with van der Waals surface area (Å²) in [6, 6.07) is 14.1. The van der Waals surface area contributed by atoms with E-state index < -0.39 is 199 Å². The number of aliphatic hydroxyl groups is 3. The molecule has 3 atom stereocenters. The molecule has 0 aliphatic heterocycles. The summed E-state index contributed by atoms with van der Waals surface area (Å²) >= 11 is 0. The summed E-state index contributed by atoms with van der Waals surface area (Å²) in [5, 5.41) is 105. The smallest absolute Gasteiger partial charge is 0.327 e. The van der Waals surface area contributed by atoms with Crippen molar-refractivity contribution in [3.8, 4) is 0 Å². The number of esters is 4. The van der Waals surface area contributed by atoms with E-state index in [0.717, 1.165) is 83.5 Å². The van der Waals surface area contributed by atoms with Gasteiger partial charge in [0.25, 0.3) is 0 Å². The van der Waals surface area contributed by atoms with Gasteiger partial charge in [0.05, 0.1) is 21.7 Å². The van der Waals surface area contributed by atoms with Crippen LogP contribution in [-0.4, -0.2) is 151 Å². The fraction of sp³-hybridized carbons (Fsp3) is 0.777. The lowest BCUT2D eigenvalue weighted by Crippen LogP contribution is -2.72. The Morgan fingerprint density at radius 1 is 0.317 bits per heavy atom. The Morgan fingerprint density at radius 2 is 0.599 bits per heavy atom. The molecule has 0 amide bonds. The lowest BCUT2D eigenvalue weighted by Gasteiger charge is -2.62. The third-order valence-electron chi connectivity index (χ3n) is 35.2. The Balaban J connectivity index is 0.000000140.